The lowest BCUT2D eigenvalue weighted by Crippen LogP contribution is -1.89. The SMILES string of the molecule is Cl.Cl/C(C=Nc1ccc(Cl)c(Cl)c1)=C/Nc1ccc(Cl)c(Cl)c1. The lowest BCUT2D eigenvalue weighted by molar-refractivity contribution is 1.53. The van der Waals surface area contributed by atoms with E-state index in [0.29, 0.717) is 30.8 Å². The molecule has 2 aromatic carbocycles. The molecule has 0 amide bonds. The number of benzene rings is 2. The van der Waals surface area contributed by atoms with Crippen LogP contribution in [-0.2, 0) is 0 Å². The molecule has 0 unspecified atom stereocenters. The number of halogens is 6. The standard InChI is InChI=1S/C15H9Cl5N2.ClH/c16-9(7-21-10-1-3-12(17)14(19)5-10)8-22-11-2-4-13(18)15(20)6-11;/h1-8,21H;1H/b9-7+,22-8?;. The van der Waals surface area contributed by atoms with E-state index in [4.69, 9.17) is 58.0 Å². The topological polar surface area (TPSA) is 24.4 Å². The van der Waals surface area contributed by atoms with Crippen LogP contribution in [0.2, 0.25) is 20.1 Å². The van der Waals surface area contributed by atoms with E-state index in [9.17, 15) is 0 Å². The number of hydrogen-bond donors (Lipinski definition) is 1. The van der Waals surface area contributed by atoms with Crippen molar-refractivity contribution >= 4 is 88.0 Å². The number of allylic oxidation sites excluding steroid dienone is 1. The van der Waals surface area contributed by atoms with Crippen LogP contribution in [0.1, 0.15) is 0 Å². The molecule has 0 spiro atoms. The lowest BCUT2D eigenvalue weighted by atomic mass is 10.3. The number of anilines is 1. The largest absolute Gasteiger partial charge is 0.360 e. The average Bonchev–Trinajstić information content (AvgIpc) is 2.49. The van der Waals surface area contributed by atoms with Gasteiger partial charge in [0.1, 0.15) is 0 Å². The average molecular weight is 431 g/mol. The van der Waals surface area contributed by atoms with Gasteiger partial charge in [0.05, 0.1) is 30.8 Å². The maximum absolute atomic E-state index is 6.05. The molecule has 122 valence electrons. The number of hydrogen-bond acceptors (Lipinski definition) is 2. The first-order valence-corrected chi connectivity index (χ1v) is 7.91. The molecule has 1 N–H and O–H groups in total. The van der Waals surface area contributed by atoms with Gasteiger partial charge in [-0.3, -0.25) is 4.99 Å². The van der Waals surface area contributed by atoms with Crippen LogP contribution < -0.4 is 5.32 Å². The summed E-state index contributed by atoms with van der Waals surface area (Å²) in [7, 11) is 0. The van der Waals surface area contributed by atoms with Crippen molar-refractivity contribution in [3.8, 4) is 0 Å². The highest BCUT2D eigenvalue weighted by atomic mass is 35.5. The zero-order chi connectivity index (χ0) is 16.1. The maximum atomic E-state index is 6.05. The van der Waals surface area contributed by atoms with Crippen LogP contribution in [0.3, 0.4) is 0 Å². The first-order valence-electron chi connectivity index (χ1n) is 6.02. The molecule has 2 nitrogen and oxygen atoms in total. The molecule has 0 bridgehead atoms. The normalized spacial score (nSPS) is 11.4. The first-order chi connectivity index (χ1) is 10.5. The molecule has 0 fully saturated rings. The van der Waals surface area contributed by atoms with Crippen molar-refractivity contribution < 1.29 is 0 Å². The van der Waals surface area contributed by atoms with Gasteiger partial charge in [-0.1, -0.05) is 58.0 Å². The highest BCUT2D eigenvalue weighted by molar-refractivity contribution is 6.42. The van der Waals surface area contributed by atoms with Crippen LogP contribution >= 0.6 is 70.4 Å². The van der Waals surface area contributed by atoms with E-state index in [0.717, 1.165) is 5.69 Å². The molecule has 0 radical (unpaired) electrons. The summed E-state index contributed by atoms with van der Waals surface area (Å²) < 4.78 is 0. The molecule has 0 saturated heterocycles. The summed E-state index contributed by atoms with van der Waals surface area (Å²) in [5.41, 5.74) is 1.41. The number of nitrogens with zero attached hydrogens (tertiary/aromatic N) is 1. The predicted molar refractivity (Wildman–Crippen MR) is 106 cm³/mol. The molecule has 2 rings (SSSR count). The van der Waals surface area contributed by atoms with Gasteiger partial charge in [0.25, 0.3) is 0 Å². The Hall–Kier alpha value is -0.610. The molecule has 8 heteroatoms. The summed E-state index contributed by atoms with van der Waals surface area (Å²) >= 11 is 29.6. The molecule has 2 aromatic rings. The van der Waals surface area contributed by atoms with Gasteiger partial charge in [-0.15, -0.1) is 12.4 Å². The Morgan fingerprint density at radius 2 is 1.48 bits per heavy atom. The van der Waals surface area contributed by atoms with Gasteiger partial charge in [0.2, 0.25) is 0 Å². The molecular weight excluding hydrogens is 421 g/mol. The minimum absolute atomic E-state index is 0. The minimum Gasteiger partial charge on any atom is -0.360 e. The van der Waals surface area contributed by atoms with Crippen molar-refractivity contribution in [1.29, 1.82) is 0 Å². The molecule has 23 heavy (non-hydrogen) atoms. The van der Waals surface area contributed by atoms with Crippen molar-refractivity contribution in [1.82, 2.24) is 0 Å². The van der Waals surface area contributed by atoms with Crippen molar-refractivity contribution in [3.05, 3.63) is 67.7 Å². The fraction of sp³-hybridized carbons (Fsp3) is 0. The second-order valence-corrected chi connectivity index (χ2v) is 6.22. The summed E-state index contributed by atoms with van der Waals surface area (Å²) in [6.45, 7) is 0. The minimum atomic E-state index is 0. The smallest absolute Gasteiger partial charge is 0.0748 e. The third kappa shape index (κ3) is 6.42. The van der Waals surface area contributed by atoms with Crippen LogP contribution in [0.5, 0.6) is 0 Å². The molecule has 0 heterocycles. The van der Waals surface area contributed by atoms with E-state index >= 15 is 0 Å². The van der Waals surface area contributed by atoms with Gasteiger partial charge in [0.15, 0.2) is 0 Å². The number of aliphatic imine (C=N–C) groups is 1. The summed E-state index contributed by atoms with van der Waals surface area (Å²) in [6.07, 6.45) is 3.08. The van der Waals surface area contributed by atoms with Gasteiger partial charge in [-0.2, -0.15) is 0 Å². The quantitative estimate of drug-likeness (QED) is 0.495. The van der Waals surface area contributed by atoms with Gasteiger partial charge < -0.3 is 5.32 Å². The molecule has 0 aliphatic heterocycles. The Morgan fingerprint density at radius 1 is 0.870 bits per heavy atom. The Kier molecular flexibility index (Phi) is 8.56. The Labute approximate surface area is 165 Å². The van der Waals surface area contributed by atoms with Crippen LogP contribution in [0.25, 0.3) is 0 Å². The second kappa shape index (κ2) is 9.63. The summed E-state index contributed by atoms with van der Waals surface area (Å²) in [5, 5.41) is 5.25. The second-order valence-electron chi connectivity index (χ2n) is 4.16. The van der Waals surface area contributed by atoms with Crippen LogP contribution in [0.15, 0.2) is 52.6 Å². The molecule has 0 atom stereocenters. The zero-order valence-corrected chi connectivity index (χ0v) is 16.0. The lowest BCUT2D eigenvalue weighted by Gasteiger charge is -2.02. The van der Waals surface area contributed by atoms with E-state index in [2.05, 4.69) is 10.3 Å². The Morgan fingerprint density at radius 3 is 2.09 bits per heavy atom. The van der Waals surface area contributed by atoms with Crippen LogP contribution in [0, 0.1) is 0 Å². The predicted octanol–water partition coefficient (Wildman–Crippen LogP) is 7.62. The number of nitrogens with one attached hydrogen (secondary N) is 1. The molecule has 0 aromatic heterocycles. The molecule has 0 aliphatic carbocycles. The highest BCUT2D eigenvalue weighted by Crippen LogP contribution is 2.27. The maximum Gasteiger partial charge on any atom is 0.0748 e. The summed E-state index contributed by atoms with van der Waals surface area (Å²) in [6, 6.07) is 10.2. The van der Waals surface area contributed by atoms with Crippen LogP contribution in [0.4, 0.5) is 11.4 Å². The summed E-state index contributed by atoms with van der Waals surface area (Å²) in [5.74, 6) is 0. The number of rotatable bonds is 4. The molecular formula is C15H10Cl6N2. The van der Waals surface area contributed by atoms with E-state index in [1.54, 1.807) is 42.6 Å². The molecule has 0 aliphatic rings. The van der Waals surface area contributed by atoms with E-state index < -0.39 is 0 Å². The van der Waals surface area contributed by atoms with Gasteiger partial charge in [0, 0.05) is 18.1 Å². The van der Waals surface area contributed by atoms with Crippen molar-refractivity contribution in [3.63, 3.8) is 0 Å². The fourth-order valence-corrected chi connectivity index (χ4v) is 2.17. The third-order valence-corrected chi connectivity index (χ3v) is 4.22. The highest BCUT2D eigenvalue weighted by Gasteiger charge is 1.99. The van der Waals surface area contributed by atoms with Crippen LogP contribution in [-0.4, -0.2) is 6.21 Å². The molecule has 0 saturated carbocycles. The van der Waals surface area contributed by atoms with E-state index in [-0.39, 0.29) is 12.4 Å². The van der Waals surface area contributed by atoms with Crippen molar-refractivity contribution in [2.45, 2.75) is 0 Å². The first kappa shape index (κ1) is 20.4. The summed E-state index contributed by atoms with van der Waals surface area (Å²) in [4.78, 5) is 4.20. The van der Waals surface area contributed by atoms with Crippen molar-refractivity contribution in [2.75, 3.05) is 5.32 Å². The van der Waals surface area contributed by atoms with E-state index in [1.165, 1.54) is 6.21 Å². The Balaban J connectivity index is 0.00000264. The third-order valence-electron chi connectivity index (χ3n) is 2.54. The Bertz CT molecular complexity index is 743. The monoisotopic (exact) mass is 428 g/mol. The fourth-order valence-electron chi connectivity index (χ4n) is 1.48. The van der Waals surface area contributed by atoms with E-state index in [1.807, 2.05) is 0 Å². The van der Waals surface area contributed by atoms with Gasteiger partial charge in [-0.05, 0) is 36.4 Å². The van der Waals surface area contributed by atoms with Crippen molar-refractivity contribution in [2.24, 2.45) is 4.99 Å². The zero-order valence-electron chi connectivity index (χ0n) is 11.4. The van der Waals surface area contributed by atoms with Gasteiger partial charge in [-0.25, -0.2) is 0 Å². The van der Waals surface area contributed by atoms with Gasteiger partial charge >= 0.3 is 0 Å².